The third-order valence-corrected chi connectivity index (χ3v) is 8.14. The number of thiophene rings is 1. The van der Waals surface area contributed by atoms with Crippen LogP contribution in [0.15, 0.2) is 75.8 Å². The lowest BCUT2D eigenvalue weighted by Crippen LogP contribution is -2.30. The zero-order chi connectivity index (χ0) is 18.9. The number of nitrogens with one attached hydrogen (secondary N) is 1. The standard InChI is InChI=1S/C21H19NO3S2/c23-21(22-18-12-6-8-15-7-4-5-11-17(15)18)19-13-14-20(26-19)27(24,25)16-9-2-1-3-10-16/h1-5,7,9-11,13-14,18H,6,8,12H2,(H,22,23). The highest BCUT2D eigenvalue weighted by molar-refractivity contribution is 7.93. The number of carbonyl (C=O) groups is 1. The summed E-state index contributed by atoms with van der Waals surface area (Å²) in [6.07, 6.45) is 2.95. The average molecular weight is 398 g/mol. The van der Waals surface area contributed by atoms with Gasteiger partial charge in [-0.25, -0.2) is 8.42 Å². The number of aryl methyl sites for hydroxylation is 1. The van der Waals surface area contributed by atoms with Crippen molar-refractivity contribution in [2.24, 2.45) is 0 Å². The van der Waals surface area contributed by atoms with E-state index in [-0.39, 0.29) is 21.1 Å². The fourth-order valence-corrected chi connectivity index (χ4v) is 6.07. The monoisotopic (exact) mass is 397 g/mol. The van der Waals surface area contributed by atoms with Gasteiger partial charge in [0.2, 0.25) is 9.84 Å². The van der Waals surface area contributed by atoms with Gasteiger partial charge in [-0.3, -0.25) is 4.79 Å². The van der Waals surface area contributed by atoms with Gasteiger partial charge in [-0.05, 0) is 54.7 Å². The summed E-state index contributed by atoms with van der Waals surface area (Å²) in [6, 6.07) is 19.5. The van der Waals surface area contributed by atoms with Crippen LogP contribution < -0.4 is 5.32 Å². The van der Waals surface area contributed by atoms with Gasteiger partial charge in [-0.15, -0.1) is 11.3 Å². The number of hydrogen-bond donors (Lipinski definition) is 1. The van der Waals surface area contributed by atoms with Gasteiger partial charge in [0, 0.05) is 0 Å². The summed E-state index contributed by atoms with van der Waals surface area (Å²) in [5, 5.41) is 3.07. The maximum absolute atomic E-state index is 12.7. The van der Waals surface area contributed by atoms with Gasteiger partial charge >= 0.3 is 0 Å². The van der Waals surface area contributed by atoms with Crippen LogP contribution in [0.5, 0.6) is 0 Å². The van der Waals surface area contributed by atoms with Crippen molar-refractivity contribution in [1.82, 2.24) is 5.32 Å². The molecule has 0 saturated carbocycles. The van der Waals surface area contributed by atoms with Crippen molar-refractivity contribution in [2.45, 2.75) is 34.4 Å². The Hall–Kier alpha value is -2.44. The van der Waals surface area contributed by atoms with E-state index in [1.165, 1.54) is 11.6 Å². The van der Waals surface area contributed by atoms with Gasteiger partial charge in [-0.1, -0.05) is 42.5 Å². The van der Waals surface area contributed by atoms with Crippen molar-refractivity contribution in [2.75, 3.05) is 0 Å². The quantitative estimate of drug-likeness (QED) is 0.710. The van der Waals surface area contributed by atoms with Crippen LogP contribution >= 0.6 is 11.3 Å². The first-order valence-corrected chi connectivity index (χ1v) is 11.1. The zero-order valence-corrected chi connectivity index (χ0v) is 16.2. The molecule has 1 aliphatic carbocycles. The molecule has 3 aromatic rings. The molecule has 138 valence electrons. The molecule has 4 rings (SSSR count). The van der Waals surface area contributed by atoms with Crippen molar-refractivity contribution in [1.29, 1.82) is 0 Å². The van der Waals surface area contributed by atoms with Crippen LogP contribution in [0.2, 0.25) is 0 Å². The summed E-state index contributed by atoms with van der Waals surface area (Å²) in [7, 11) is -3.59. The predicted molar refractivity (Wildman–Crippen MR) is 106 cm³/mol. The second-order valence-electron chi connectivity index (χ2n) is 6.55. The molecule has 1 N–H and O–H groups in total. The van der Waals surface area contributed by atoms with E-state index in [4.69, 9.17) is 0 Å². The molecule has 27 heavy (non-hydrogen) atoms. The zero-order valence-electron chi connectivity index (χ0n) is 14.6. The Balaban J connectivity index is 1.55. The van der Waals surface area contributed by atoms with Gasteiger partial charge in [0.1, 0.15) is 4.21 Å². The smallest absolute Gasteiger partial charge is 0.261 e. The minimum atomic E-state index is -3.59. The molecule has 1 aliphatic rings. The lowest BCUT2D eigenvalue weighted by Gasteiger charge is -2.26. The minimum absolute atomic E-state index is 0.0290. The van der Waals surface area contributed by atoms with Gasteiger partial charge in [0.25, 0.3) is 5.91 Å². The molecule has 0 fully saturated rings. The molecule has 0 bridgehead atoms. The lowest BCUT2D eigenvalue weighted by atomic mass is 9.88. The normalized spacial score (nSPS) is 16.5. The van der Waals surface area contributed by atoms with Crippen LogP contribution in [0.4, 0.5) is 0 Å². The Kier molecular flexibility index (Phi) is 4.85. The van der Waals surface area contributed by atoms with Crippen LogP contribution in [0, 0.1) is 0 Å². The maximum Gasteiger partial charge on any atom is 0.261 e. The fraction of sp³-hybridized carbons (Fsp3) is 0.190. The molecular weight excluding hydrogens is 378 g/mol. The Bertz CT molecular complexity index is 1070. The highest BCUT2D eigenvalue weighted by Crippen LogP contribution is 2.31. The Morgan fingerprint density at radius 2 is 1.70 bits per heavy atom. The molecule has 0 aliphatic heterocycles. The van der Waals surface area contributed by atoms with Crippen LogP contribution in [0.25, 0.3) is 0 Å². The topological polar surface area (TPSA) is 63.2 Å². The Morgan fingerprint density at radius 3 is 2.52 bits per heavy atom. The van der Waals surface area contributed by atoms with E-state index in [0.717, 1.165) is 36.2 Å². The summed E-state index contributed by atoms with van der Waals surface area (Å²) in [6.45, 7) is 0. The predicted octanol–water partition coefficient (Wildman–Crippen LogP) is 4.39. The van der Waals surface area contributed by atoms with Gasteiger partial charge in [0.15, 0.2) is 0 Å². The fourth-order valence-electron chi connectivity index (χ4n) is 3.44. The van der Waals surface area contributed by atoms with Gasteiger partial charge in [-0.2, -0.15) is 0 Å². The van der Waals surface area contributed by atoms with Crippen LogP contribution in [0.3, 0.4) is 0 Å². The molecule has 1 atom stereocenters. The Morgan fingerprint density at radius 1 is 0.963 bits per heavy atom. The van der Waals surface area contributed by atoms with E-state index in [9.17, 15) is 13.2 Å². The van der Waals surface area contributed by atoms with E-state index in [1.54, 1.807) is 36.4 Å². The highest BCUT2D eigenvalue weighted by Gasteiger charge is 2.25. The van der Waals surface area contributed by atoms with Crippen molar-refractivity contribution in [3.05, 3.63) is 82.7 Å². The molecule has 1 heterocycles. The SMILES string of the molecule is O=C(NC1CCCc2ccccc21)c1ccc(S(=O)(=O)c2ccccc2)s1. The second-order valence-corrected chi connectivity index (χ2v) is 9.81. The molecule has 1 aromatic heterocycles. The van der Waals surface area contributed by atoms with E-state index in [2.05, 4.69) is 17.4 Å². The number of rotatable bonds is 4. The largest absolute Gasteiger partial charge is 0.345 e. The molecule has 4 nitrogen and oxygen atoms in total. The van der Waals surface area contributed by atoms with Gasteiger partial charge < -0.3 is 5.32 Å². The number of amides is 1. The minimum Gasteiger partial charge on any atom is -0.345 e. The van der Waals surface area contributed by atoms with E-state index in [0.29, 0.717) is 4.88 Å². The molecule has 2 aromatic carbocycles. The van der Waals surface area contributed by atoms with Crippen molar-refractivity contribution >= 4 is 27.1 Å². The first-order valence-electron chi connectivity index (χ1n) is 8.84. The molecule has 0 radical (unpaired) electrons. The second kappa shape index (κ2) is 7.29. The van der Waals surface area contributed by atoms with Gasteiger partial charge in [0.05, 0.1) is 15.8 Å². The Labute approximate surface area is 162 Å². The maximum atomic E-state index is 12.7. The highest BCUT2D eigenvalue weighted by atomic mass is 32.2. The van der Waals surface area contributed by atoms with Crippen molar-refractivity contribution < 1.29 is 13.2 Å². The number of hydrogen-bond acceptors (Lipinski definition) is 4. The average Bonchev–Trinajstić information content (AvgIpc) is 3.20. The summed E-state index contributed by atoms with van der Waals surface area (Å²) in [5.74, 6) is -0.226. The lowest BCUT2D eigenvalue weighted by molar-refractivity contribution is 0.0937. The molecule has 1 unspecified atom stereocenters. The summed E-state index contributed by atoms with van der Waals surface area (Å²) < 4.78 is 25.6. The van der Waals surface area contributed by atoms with E-state index >= 15 is 0 Å². The molecule has 0 saturated heterocycles. The molecule has 0 spiro atoms. The number of carbonyl (C=O) groups excluding carboxylic acids is 1. The van der Waals surface area contributed by atoms with Crippen molar-refractivity contribution in [3.8, 4) is 0 Å². The third kappa shape index (κ3) is 3.55. The van der Waals surface area contributed by atoms with E-state index in [1.807, 2.05) is 12.1 Å². The summed E-state index contributed by atoms with van der Waals surface area (Å²) >= 11 is 1.01. The molecule has 1 amide bonds. The third-order valence-electron chi connectivity index (χ3n) is 4.80. The summed E-state index contributed by atoms with van der Waals surface area (Å²) in [5.41, 5.74) is 2.43. The number of benzene rings is 2. The van der Waals surface area contributed by atoms with E-state index < -0.39 is 9.84 Å². The van der Waals surface area contributed by atoms with Crippen LogP contribution in [0.1, 0.15) is 39.7 Å². The molecule has 6 heteroatoms. The summed E-state index contributed by atoms with van der Waals surface area (Å²) in [4.78, 5) is 13.3. The first kappa shape index (κ1) is 17.9. The number of fused-ring (bicyclic) bond motifs is 1. The van der Waals surface area contributed by atoms with Crippen molar-refractivity contribution in [3.63, 3.8) is 0 Å². The van der Waals surface area contributed by atoms with Crippen LogP contribution in [-0.4, -0.2) is 14.3 Å². The van der Waals surface area contributed by atoms with Crippen LogP contribution in [-0.2, 0) is 16.3 Å². The first-order chi connectivity index (χ1) is 13.1. The molecular formula is C21H19NO3S2. The number of sulfone groups is 1.